The molecule has 0 rings (SSSR count). The van der Waals surface area contributed by atoms with Gasteiger partial charge in [0.25, 0.3) is 5.97 Å². The second kappa shape index (κ2) is 14.9. The molecule has 0 aromatic heterocycles. The van der Waals surface area contributed by atoms with Crippen LogP contribution in [0.5, 0.6) is 0 Å². The lowest BCUT2D eigenvalue weighted by Crippen LogP contribution is -2.04. The summed E-state index contributed by atoms with van der Waals surface area (Å²) in [6.45, 7) is 6.79. The third-order valence-electron chi connectivity index (χ3n) is 2.05. The second-order valence-electron chi connectivity index (χ2n) is 3.91. The van der Waals surface area contributed by atoms with Crippen LogP contribution in [0, 0.1) is 0 Å². The summed E-state index contributed by atoms with van der Waals surface area (Å²) in [4.78, 5) is 9.00. The van der Waals surface area contributed by atoms with E-state index in [1.165, 1.54) is 6.42 Å². The molecular formula is C14H26O3. The first-order valence-electron chi connectivity index (χ1n) is 6.19. The lowest BCUT2D eigenvalue weighted by molar-refractivity contribution is -0.134. The predicted octanol–water partition coefficient (Wildman–Crippen LogP) is 3.54. The molecule has 0 aromatic carbocycles. The van der Waals surface area contributed by atoms with Crippen LogP contribution in [-0.4, -0.2) is 22.3 Å². The SMILES string of the molecule is C=C/C=C\CCCCC(O)CCC.CC(=O)O. The normalized spacial score (nSPS) is 11.7. The summed E-state index contributed by atoms with van der Waals surface area (Å²) in [5, 5.41) is 16.8. The molecule has 100 valence electrons. The van der Waals surface area contributed by atoms with Crippen LogP contribution in [0.4, 0.5) is 0 Å². The van der Waals surface area contributed by atoms with Gasteiger partial charge in [0.15, 0.2) is 0 Å². The Balaban J connectivity index is 0. The zero-order chi connectivity index (χ0) is 13.5. The Labute approximate surface area is 105 Å². The molecule has 3 nitrogen and oxygen atoms in total. The molecular weight excluding hydrogens is 216 g/mol. The van der Waals surface area contributed by atoms with Crippen LogP contribution < -0.4 is 0 Å². The number of hydrogen-bond acceptors (Lipinski definition) is 2. The van der Waals surface area contributed by atoms with E-state index in [-0.39, 0.29) is 6.10 Å². The smallest absolute Gasteiger partial charge is 0.300 e. The number of unbranched alkanes of at least 4 members (excludes halogenated alkanes) is 2. The van der Waals surface area contributed by atoms with E-state index < -0.39 is 5.97 Å². The Kier molecular flexibility index (Phi) is 16.0. The van der Waals surface area contributed by atoms with Crippen LogP contribution in [0.1, 0.15) is 52.4 Å². The number of allylic oxidation sites excluding steroid dienone is 3. The summed E-state index contributed by atoms with van der Waals surface area (Å²) < 4.78 is 0. The molecule has 0 heterocycles. The fraction of sp³-hybridized carbons (Fsp3) is 0.643. The topological polar surface area (TPSA) is 57.5 Å². The van der Waals surface area contributed by atoms with E-state index >= 15 is 0 Å². The third-order valence-corrected chi connectivity index (χ3v) is 2.05. The van der Waals surface area contributed by atoms with Gasteiger partial charge in [0.2, 0.25) is 0 Å². The average molecular weight is 242 g/mol. The standard InChI is InChI=1S/C12H22O.C2H4O2/c1-3-5-6-7-8-9-11-12(13)10-4-2;1-2(3)4/h3,5-6,12-13H,1,4,7-11H2,2H3;1H3,(H,3,4)/b6-5-;. The van der Waals surface area contributed by atoms with E-state index in [0.717, 1.165) is 39.0 Å². The third kappa shape index (κ3) is 25.3. The van der Waals surface area contributed by atoms with Gasteiger partial charge in [0, 0.05) is 6.92 Å². The molecule has 0 aliphatic carbocycles. The minimum atomic E-state index is -0.833. The largest absolute Gasteiger partial charge is 0.481 e. The Bertz CT molecular complexity index is 206. The van der Waals surface area contributed by atoms with Gasteiger partial charge >= 0.3 is 0 Å². The van der Waals surface area contributed by atoms with E-state index in [2.05, 4.69) is 19.6 Å². The van der Waals surface area contributed by atoms with Gasteiger partial charge in [0.1, 0.15) is 0 Å². The van der Waals surface area contributed by atoms with E-state index in [9.17, 15) is 5.11 Å². The van der Waals surface area contributed by atoms with Crippen LogP contribution in [0.2, 0.25) is 0 Å². The Hall–Kier alpha value is -1.09. The van der Waals surface area contributed by atoms with Crippen molar-refractivity contribution in [3.63, 3.8) is 0 Å². The van der Waals surface area contributed by atoms with Crippen molar-refractivity contribution in [2.75, 3.05) is 0 Å². The number of aliphatic hydroxyl groups excluding tert-OH is 1. The summed E-state index contributed by atoms with van der Waals surface area (Å²) in [7, 11) is 0. The van der Waals surface area contributed by atoms with Crippen molar-refractivity contribution in [1.29, 1.82) is 0 Å². The minimum Gasteiger partial charge on any atom is -0.481 e. The Morgan fingerprint density at radius 2 is 1.94 bits per heavy atom. The molecule has 0 bridgehead atoms. The molecule has 1 unspecified atom stereocenters. The molecule has 0 aromatic rings. The van der Waals surface area contributed by atoms with Crippen LogP contribution in [0.15, 0.2) is 24.8 Å². The quantitative estimate of drug-likeness (QED) is 0.505. The number of hydrogen-bond donors (Lipinski definition) is 2. The highest BCUT2D eigenvalue weighted by Crippen LogP contribution is 2.08. The number of carboxylic acids is 1. The number of carboxylic acid groups (broad SMARTS) is 1. The van der Waals surface area contributed by atoms with Gasteiger partial charge in [-0.15, -0.1) is 0 Å². The summed E-state index contributed by atoms with van der Waals surface area (Å²) in [5.41, 5.74) is 0. The predicted molar refractivity (Wildman–Crippen MR) is 72.0 cm³/mol. The summed E-state index contributed by atoms with van der Waals surface area (Å²) in [5.74, 6) is -0.833. The first-order chi connectivity index (χ1) is 8.04. The molecule has 0 spiro atoms. The monoisotopic (exact) mass is 242 g/mol. The lowest BCUT2D eigenvalue weighted by Gasteiger charge is -2.07. The van der Waals surface area contributed by atoms with Crippen molar-refractivity contribution < 1.29 is 15.0 Å². The highest BCUT2D eigenvalue weighted by Gasteiger charge is 2.00. The van der Waals surface area contributed by atoms with E-state index in [1.807, 2.05) is 6.08 Å². The van der Waals surface area contributed by atoms with Gasteiger partial charge in [0.05, 0.1) is 6.10 Å². The molecule has 2 N–H and O–H groups in total. The summed E-state index contributed by atoms with van der Waals surface area (Å²) in [6, 6.07) is 0. The number of rotatable bonds is 8. The van der Waals surface area contributed by atoms with E-state index in [0.29, 0.717) is 0 Å². The van der Waals surface area contributed by atoms with Crippen LogP contribution in [-0.2, 0) is 4.79 Å². The Morgan fingerprint density at radius 3 is 2.41 bits per heavy atom. The zero-order valence-corrected chi connectivity index (χ0v) is 11.1. The molecule has 0 amide bonds. The number of aliphatic hydroxyl groups is 1. The fourth-order valence-electron chi connectivity index (χ4n) is 1.31. The van der Waals surface area contributed by atoms with Crippen LogP contribution in [0.25, 0.3) is 0 Å². The Morgan fingerprint density at radius 1 is 1.35 bits per heavy atom. The maximum atomic E-state index is 9.42. The van der Waals surface area contributed by atoms with Crippen molar-refractivity contribution in [1.82, 2.24) is 0 Å². The van der Waals surface area contributed by atoms with Crippen molar-refractivity contribution >= 4 is 5.97 Å². The van der Waals surface area contributed by atoms with Crippen molar-refractivity contribution in [2.24, 2.45) is 0 Å². The highest BCUT2D eigenvalue weighted by atomic mass is 16.4. The van der Waals surface area contributed by atoms with Gasteiger partial charge in [-0.2, -0.15) is 0 Å². The zero-order valence-electron chi connectivity index (χ0n) is 11.1. The molecule has 0 saturated carbocycles. The molecule has 0 radical (unpaired) electrons. The van der Waals surface area contributed by atoms with E-state index in [1.54, 1.807) is 6.08 Å². The first kappa shape index (κ1) is 18.3. The number of carbonyl (C=O) groups is 1. The maximum Gasteiger partial charge on any atom is 0.300 e. The average Bonchev–Trinajstić information content (AvgIpc) is 2.23. The second-order valence-corrected chi connectivity index (χ2v) is 3.91. The van der Waals surface area contributed by atoms with Crippen LogP contribution >= 0.6 is 0 Å². The minimum absolute atomic E-state index is 0.0756. The van der Waals surface area contributed by atoms with Gasteiger partial charge in [-0.3, -0.25) is 4.79 Å². The molecule has 0 aliphatic heterocycles. The summed E-state index contributed by atoms with van der Waals surface area (Å²) in [6.07, 6.45) is 12.2. The van der Waals surface area contributed by atoms with Crippen molar-refractivity contribution in [2.45, 2.75) is 58.5 Å². The van der Waals surface area contributed by atoms with Gasteiger partial charge in [-0.25, -0.2) is 0 Å². The highest BCUT2D eigenvalue weighted by molar-refractivity contribution is 5.62. The first-order valence-corrected chi connectivity index (χ1v) is 6.19. The molecule has 0 fully saturated rings. The molecule has 17 heavy (non-hydrogen) atoms. The maximum absolute atomic E-state index is 9.42. The summed E-state index contributed by atoms with van der Waals surface area (Å²) >= 11 is 0. The van der Waals surface area contributed by atoms with Gasteiger partial charge in [-0.05, 0) is 25.7 Å². The van der Waals surface area contributed by atoms with Crippen molar-refractivity contribution in [3.05, 3.63) is 24.8 Å². The van der Waals surface area contributed by atoms with Gasteiger partial charge in [-0.1, -0.05) is 44.6 Å². The van der Waals surface area contributed by atoms with Crippen molar-refractivity contribution in [3.8, 4) is 0 Å². The lowest BCUT2D eigenvalue weighted by atomic mass is 10.1. The molecule has 0 saturated heterocycles. The molecule has 0 aliphatic rings. The van der Waals surface area contributed by atoms with E-state index in [4.69, 9.17) is 9.90 Å². The fourth-order valence-corrected chi connectivity index (χ4v) is 1.31. The van der Waals surface area contributed by atoms with Crippen LogP contribution in [0.3, 0.4) is 0 Å². The molecule has 3 heteroatoms. The molecule has 1 atom stereocenters. The number of aliphatic carboxylic acids is 1. The van der Waals surface area contributed by atoms with Gasteiger partial charge < -0.3 is 10.2 Å².